The maximum Gasteiger partial charge on any atom is 0.338 e. The maximum absolute atomic E-state index is 12.1. The quantitative estimate of drug-likeness (QED) is 0.369. The van der Waals surface area contributed by atoms with Crippen molar-refractivity contribution in [2.45, 2.75) is 27.3 Å². The standard InChI is InChI=1S/C20H26N4O4S/c1-4-23(5-2)11-12-28-19(27)14-7-9-15(10-8-14)21-13-16-17(25)22-20(29)24(6-3)18(16)26/h7-10,13,26H,4-6,11-12H2,1-3H3,(H,22,25,29). The summed E-state index contributed by atoms with van der Waals surface area (Å²) in [6.07, 6.45) is 1.27. The van der Waals surface area contributed by atoms with E-state index in [0.29, 0.717) is 30.9 Å². The van der Waals surface area contributed by atoms with Gasteiger partial charge < -0.3 is 14.7 Å². The molecule has 0 fully saturated rings. The smallest absolute Gasteiger partial charge is 0.338 e. The van der Waals surface area contributed by atoms with Crippen LogP contribution in [0.25, 0.3) is 0 Å². The van der Waals surface area contributed by atoms with Crippen LogP contribution in [0.4, 0.5) is 5.69 Å². The summed E-state index contributed by atoms with van der Waals surface area (Å²) in [5, 5.41) is 10.2. The first-order chi connectivity index (χ1) is 13.9. The molecule has 1 aromatic carbocycles. The summed E-state index contributed by atoms with van der Waals surface area (Å²) < 4.78 is 6.84. The number of ether oxygens (including phenoxy) is 1. The van der Waals surface area contributed by atoms with Crippen molar-refractivity contribution < 1.29 is 14.6 Å². The second kappa shape index (κ2) is 10.7. The molecule has 2 rings (SSSR count). The van der Waals surface area contributed by atoms with Crippen LogP contribution in [0.1, 0.15) is 36.7 Å². The molecule has 29 heavy (non-hydrogen) atoms. The Bertz CT molecular complexity index is 975. The van der Waals surface area contributed by atoms with E-state index in [1.165, 1.54) is 10.8 Å². The molecule has 156 valence electrons. The number of aliphatic imine (C=N–C) groups is 1. The summed E-state index contributed by atoms with van der Waals surface area (Å²) in [6, 6.07) is 6.49. The first-order valence-electron chi connectivity index (χ1n) is 9.50. The van der Waals surface area contributed by atoms with Crippen LogP contribution in [0.3, 0.4) is 0 Å². The topological polar surface area (TPSA) is 99.9 Å². The number of carbonyl (C=O) groups is 1. The van der Waals surface area contributed by atoms with Crippen molar-refractivity contribution in [1.82, 2.24) is 14.5 Å². The minimum Gasteiger partial charge on any atom is -0.494 e. The Balaban J connectivity index is 2.07. The molecule has 1 heterocycles. The van der Waals surface area contributed by atoms with Crippen molar-refractivity contribution in [3.63, 3.8) is 0 Å². The van der Waals surface area contributed by atoms with Gasteiger partial charge in [0.25, 0.3) is 5.56 Å². The number of aromatic hydroxyl groups is 1. The summed E-state index contributed by atoms with van der Waals surface area (Å²) in [5.74, 6) is -0.634. The fourth-order valence-electron chi connectivity index (χ4n) is 2.70. The fourth-order valence-corrected chi connectivity index (χ4v) is 3.01. The van der Waals surface area contributed by atoms with Crippen LogP contribution in [0, 0.1) is 4.77 Å². The van der Waals surface area contributed by atoms with Crippen LogP contribution in [0.5, 0.6) is 5.88 Å². The zero-order valence-electron chi connectivity index (χ0n) is 16.8. The van der Waals surface area contributed by atoms with Crippen LogP contribution in [-0.4, -0.2) is 58.0 Å². The number of hydrogen-bond donors (Lipinski definition) is 2. The lowest BCUT2D eigenvalue weighted by Crippen LogP contribution is -2.27. The highest BCUT2D eigenvalue weighted by molar-refractivity contribution is 7.71. The van der Waals surface area contributed by atoms with Crippen molar-refractivity contribution in [3.05, 3.63) is 50.5 Å². The average Bonchev–Trinajstić information content (AvgIpc) is 2.71. The molecule has 9 heteroatoms. The van der Waals surface area contributed by atoms with Gasteiger partial charge >= 0.3 is 5.97 Å². The lowest BCUT2D eigenvalue weighted by Gasteiger charge is -2.17. The number of carbonyl (C=O) groups excluding carboxylic acids is 1. The average molecular weight is 419 g/mol. The van der Waals surface area contributed by atoms with E-state index < -0.39 is 11.5 Å². The van der Waals surface area contributed by atoms with Gasteiger partial charge in [0.2, 0.25) is 5.88 Å². The van der Waals surface area contributed by atoms with Gasteiger partial charge in [0.15, 0.2) is 4.77 Å². The monoisotopic (exact) mass is 418 g/mol. The van der Waals surface area contributed by atoms with Crippen LogP contribution in [0.15, 0.2) is 34.1 Å². The minimum atomic E-state index is -0.519. The summed E-state index contributed by atoms with van der Waals surface area (Å²) >= 11 is 5.02. The Kier molecular flexibility index (Phi) is 8.29. The molecule has 0 unspecified atom stereocenters. The van der Waals surface area contributed by atoms with Crippen LogP contribution < -0.4 is 5.56 Å². The van der Waals surface area contributed by atoms with Crippen LogP contribution in [0.2, 0.25) is 0 Å². The van der Waals surface area contributed by atoms with E-state index in [-0.39, 0.29) is 16.2 Å². The molecule has 2 aromatic rings. The van der Waals surface area contributed by atoms with Gasteiger partial charge in [-0.1, -0.05) is 13.8 Å². The van der Waals surface area contributed by atoms with Crippen molar-refractivity contribution in [2.24, 2.45) is 4.99 Å². The molecular formula is C20H26N4O4S. The van der Waals surface area contributed by atoms with Crippen LogP contribution in [-0.2, 0) is 11.3 Å². The Hall–Kier alpha value is -2.78. The molecule has 2 N–H and O–H groups in total. The molecule has 0 spiro atoms. The molecule has 1 aromatic heterocycles. The third-order valence-electron chi connectivity index (χ3n) is 4.50. The van der Waals surface area contributed by atoms with Gasteiger partial charge in [0.1, 0.15) is 12.2 Å². The lowest BCUT2D eigenvalue weighted by atomic mass is 10.2. The number of aromatic amines is 1. The predicted octanol–water partition coefficient (Wildman–Crippen LogP) is 2.88. The fraction of sp³-hybridized carbons (Fsp3) is 0.400. The Morgan fingerprint density at radius 3 is 2.52 bits per heavy atom. The first-order valence-corrected chi connectivity index (χ1v) is 9.91. The molecule has 8 nitrogen and oxygen atoms in total. The highest BCUT2D eigenvalue weighted by atomic mass is 32.1. The van der Waals surface area contributed by atoms with Crippen molar-refractivity contribution in [3.8, 4) is 5.88 Å². The minimum absolute atomic E-state index is 0.0142. The van der Waals surface area contributed by atoms with Gasteiger partial charge in [-0.25, -0.2) is 4.79 Å². The summed E-state index contributed by atoms with van der Waals surface area (Å²) in [4.78, 5) is 33.0. The SMILES string of the molecule is CCN(CC)CCOC(=O)c1ccc(N=Cc2c(O)n(CC)c(=S)[nH]c2=O)cc1. The number of H-pyrrole nitrogens is 1. The van der Waals surface area contributed by atoms with E-state index in [2.05, 4.69) is 28.7 Å². The largest absolute Gasteiger partial charge is 0.494 e. The van der Waals surface area contributed by atoms with E-state index in [0.717, 1.165) is 13.1 Å². The van der Waals surface area contributed by atoms with Crippen molar-refractivity contribution >= 4 is 30.1 Å². The zero-order valence-corrected chi connectivity index (χ0v) is 17.7. The number of rotatable bonds is 9. The number of hydrogen-bond acceptors (Lipinski definition) is 7. The summed E-state index contributed by atoms with van der Waals surface area (Å²) in [6.45, 7) is 9.18. The summed E-state index contributed by atoms with van der Waals surface area (Å²) in [5.41, 5.74) is 0.437. The maximum atomic E-state index is 12.1. The second-order valence-electron chi connectivity index (χ2n) is 6.21. The lowest BCUT2D eigenvalue weighted by molar-refractivity contribution is 0.0466. The third kappa shape index (κ3) is 5.85. The van der Waals surface area contributed by atoms with Crippen molar-refractivity contribution in [1.29, 1.82) is 0 Å². The van der Waals surface area contributed by atoms with Gasteiger partial charge in [0.05, 0.1) is 11.3 Å². The second-order valence-corrected chi connectivity index (χ2v) is 6.60. The van der Waals surface area contributed by atoms with Crippen molar-refractivity contribution in [2.75, 3.05) is 26.2 Å². The molecule has 0 aliphatic rings. The molecule has 0 amide bonds. The summed E-state index contributed by atoms with van der Waals surface area (Å²) in [7, 11) is 0. The number of esters is 1. The number of aromatic nitrogens is 2. The predicted molar refractivity (Wildman–Crippen MR) is 115 cm³/mol. The van der Waals surface area contributed by atoms with E-state index in [1.807, 2.05) is 0 Å². The Morgan fingerprint density at radius 1 is 1.28 bits per heavy atom. The Morgan fingerprint density at radius 2 is 1.93 bits per heavy atom. The number of benzene rings is 1. The molecule has 0 bridgehead atoms. The van der Waals surface area contributed by atoms with E-state index in [1.54, 1.807) is 31.2 Å². The van der Waals surface area contributed by atoms with E-state index in [9.17, 15) is 14.7 Å². The van der Waals surface area contributed by atoms with Crippen LogP contribution >= 0.6 is 12.2 Å². The Labute approximate surface area is 174 Å². The van der Waals surface area contributed by atoms with Gasteiger partial charge in [-0.15, -0.1) is 0 Å². The van der Waals surface area contributed by atoms with Gasteiger partial charge in [-0.2, -0.15) is 0 Å². The van der Waals surface area contributed by atoms with Gasteiger partial charge in [0, 0.05) is 19.3 Å². The molecule has 0 atom stereocenters. The molecular weight excluding hydrogens is 392 g/mol. The molecule has 0 aliphatic carbocycles. The molecule has 0 saturated heterocycles. The number of nitrogens with one attached hydrogen (secondary N) is 1. The number of likely N-dealkylation sites (N-methyl/N-ethyl adjacent to an activating group) is 1. The highest BCUT2D eigenvalue weighted by Gasteiger charge is 2.10. The molecule has 0 radical (unpaired) electrons. The zero-order chi connectivity index (χ0) is 21.4. The molecule has 0 saturated carbocycles. The van der Waals surface area contributed by atoms with E-state index in [4.69, 9.17) is 17.0 Å². The normalized spacial score (nSPS) is 11.3. The van der Waals surface area contributed by atoms with Gasteiger partial charge in [-0.3, -0.25) is 19.3 Å². The first kappa shape index (κ1) is 22.5. The number of nitrogens with zero attached hydrogens (tertiary/aromatic N) is 3. The molecule has 0 aliphatic heterocycles. The highest BCUT2D eigenvalue weighted by Crippen LogP contribution is 2.16. The van der Waals surface area contributed by atoms with E-state index >= 15 is 0 Å². The third-order valence-corrected chi connectivity index (χ3v) is 4.83. The van der Waals surface area contributed by atoms with Gasteiger partial charge in [-0.05, 0) is 56.5 Å².